The van der Waals surface area contributed by atoms with Crippen LogP contribution in [0.3, 0.4) is 0 Å². The van der Waals surface area contributed by atoms with E-state index in [9.17, 15) is 9.90 Å². The van der Waals surface area contributed by atoms with E-state index in [1.807, 2.05) is 20.8 Å². The van der Waals surface area contributed by atoms with Crippen LogP contribution in [0.25, 0.3) is 0 Å². The van der Waals surface area contributed by atoms with Crippen molar-refractivity contribution in [3.63, 3.8) is 0 Å². The normalized spacial score (nSPS) is 46.3. The van der Waals surface area contributed by atoms with E-state index in [-0.39, 0.29) is 17.9 Å². The summed E-state index contributed by atoms with van der Waals surface area (Å²) < 4.78 is 9.98. The lowest BCUT2D eigenvalue weighted by molar-refractivity contribution is -0.296. The molecule has 0 aromatic heterocycles. The van der Waals surface area contributed by atoms with Crippen molar-refractivity contribution >= 4 is 5.97 Å². The highest BCUT2D eigenvalue weighted by atomic mass is 16.7. The van der Waals surface area contributed by atoms with E-state index in [4.69, 9.17) is 4.74 Å². The number of ether oxygens (including phenoxy) is 2. The molecule has 0 aliphatic carbocycles. The molecule has 1 rings (SSSR count). The molecule has 1 aliphatic heterocycles. The first-order valence-corrected chi connectivity index (χ1v) is 5.33. The summed E-state index contributed by atoms with van der Waals surface area (Å²) in [5.41, 5.74) is 0. The molecule has 4 heteroatoms. The highest BCUT2D eigenvalue weighted by Gasteiger charge is 2.53. The van der Waals surface area contributed by atoms with Crippen LogP contribution >= 0.6 is 0 Å². The van der Waals surface area contributed by atoms with E-state index < -0.39 is 11.8 Å². The maximum atomic E-state index is 11.5. The monoisotopic (exact) mass is 216 g/mol. The van der Waals surface area contributed by atoms with Crippen molar-refractivity contribution in [2.75, 3.05) is 7.11 Å². The van der Waals surface area contributed by atoms with Gasteiger partial charge in [0.2, 0.25) is 0 Å². The molecule has 0 aromatic carbocycles. The molecule has 1 saturated heterocycles. The number of hydrogen-bond donors (Lipinski definition) is 1. The summed E-state index contributed by atoms with van der Waals surface area (Å²) in [5, 5.41) is 10.2. The van der Waals surface area contributed by atoms with Gasteiger partial charge in [0.15, 0.2) is 0 Å². The fourth-order valence-corrected chi connectivity index (χ4v) is 2.12. The van der Waals surface area contributed by atoms with Crippen molar-refractivity contribution in [3.8, 4) is 0 Å². The molecule has 0 radical (unpaired) electrons. The first-order valence-electron chi connectivity index (χ1n) is 5.33. The number of aliphatic hydroxyl groups is 1. The van der Waals surface area contributed by atoms with Gasteiger partial charge in [0.25, 0.3) is 5.79 Å². The average Bonchev–Trinajstić information content (AvgIpc) is 2.22. The van der Waals surface area contributed by atoms with Crippen LogP contribution in [0.5, 0.6) is 0 Å². The topological polar surface area (TPSA) is 55.8 Å². The summed E-state index contributed by atoms with van der Waals surface area (Å²) in [7, 11) is 1.25. The third-order valence-corrected chi connectivity index (χ3v) is 3.82. The Hall–Kier alpha value is -0.610. The van der Waals surface area contributed by atoms with Gasteiger partial charge in [-0.2, -0.15) is 0 Å². The second-order valence-corrected chi connectivity index (χ2v) is 4.52. The van der Waals surface area contributed by atoms with Crippen LogP contribution < -0.4 is 0 Å². The molecule has 1 heterocycles. The minimum atomic E-state index is -1.79. The Bertz CT molecular complexity index is 253. The van der Waals surface area contributed by atoms with Gasteiger partial charge in [0.1, 0.15) is 0 Å². The predicted molar refractivity (Wildman–Crippen MR) is 55.0 cm³/mol. The van der Waals surface area contributed by atoms with Gasteiger partial charge in [-0.15, -0.1) is 0 Å². The third kappa shape index (κ3) is 1.88. The molecule has 5 atom stereocenters. The molecular formula is C11H20O4. The zero-order valence-electron chi connectivity index (χ0n) is 9.98. The Labute approximate surface area is 90.6 Å². The largest absolute Gasteiger partial charge is 0.465 e. The van der Waals surface area contributed by atoms with Crippen LogP contribution in [0.2, 0.25) is 0 Å². The van der Waals surface area contributed by atoms with Crippen molar-refractivity contribution in [2.24, 2.45) is 17.8 Å². The van der Waals surface area contributed by atoms with Crippen LogP contribution in [0.15, 0.2) is 0 Å². The van der Waals surface area contributed by atoms with E-state index >= 15 is 0 Å². The van der Waals surface area contributed by atoms with E-state index in [1.54, 1.807) is 0 Å². The zero-order valence-corrected chi connectivity index (χ0v) is 9.98. The molecule has 15 heavy (non-hydrogen) atoms. The maximum Gasteiger partial charge on any atom is 0.366 e. The van der Waals surface area contributed by atoms with E-state index in [1.165, 1.54) is 7.11 Å². The van der Waals surface area contributed by atoms with E-state index in [2.05, 4.69) is 11.7 Å². The predicted octanol–water partition coefficient (Wildman–Crippen LogP) is 1.17. The Balaban J connectivity index is 2.96. The highest BCUT2D eigenvalue weighted by molar-refractivity contribution is 5.78. The molecule has 1 fully saturated rings. The van der Waals surface area contributed by atoms with Gasteiger partial charge in [-0.05, 0) is 18.8 Å². The van der Waals surface area contributed by atoms with Crippen molar-refractivity contribution in [3.05, 3.63) is 0 Å². The molecule has 0 spiro atoms. The molecular weight excluding hydrogens is 196 g/mol. The molecule has 1 aliphatic rings. The van der Waals surface area contributed by atoms with Gasteiger partial charge in [-0.3, -0.25) is 0 Å². The van der Waals surface area contributed by atoms with Gasteiger partial charge in [0.05, 0.1) is 13.2 Å². The summed E-state index contributed by atoms with van der Waals surface area (Å²) in [6.45, 7) is 7.75. The number of carbonyl (C=O) groups is 1. The van der Waals surface area contributed by atoms with Gasteiger partial charge >= 0.3 is 5.97 Å². The van der Waals surface area contributed by atoms with Crippen molar-refractivity contribution in [2.45, 2.75) is 39.6 Å². The lowest BCUT2D eigenvalue weighted by atomic mass is 9.75. The van der Waals surface area contributed by atoms with Crippen LogP contribution in [0, 0.1) is 17.8 Å². The Morgan fingerprint density at radius 3 is 2.27 bits per heavy atom. The highest BCUT2D eigenvalue weighted by Crippen LogP contribution is 2.40. The SMILES string of the molecule is COC(=O)C1(O)O[C@@H](C)[C@H](C)[C@@H](C)[C@@H]1C. The van der Waals surface area contributed by atoms with Crippen molar-refractivity contribution in [1.82, 2.24) is 0 Å². The molecule has 0 amide bonds. The second-order valence-electron chi connectivity index (χ2n) is 4.52. The molecule has 4 nitrogen and oxygen atoms in total. The van der Waals surface area contributed by atoms with Crippen molar-refractivity contribution in [1.29, 1.82) is 0 Å². The van der Waals surface area contributed by atoms with Gasteiger partial charge < -0.3 is 14.6 Å². The lowest BCUT2D eigenvalue weighted by Crippen LogP contribution is -2.58. The summed E-state index contributed by atoms with van der Waals surface area (Å²) in [5.74, 6) is -2.25. The molecule has 0 saturated carbocycles. The Kier molecular flexibility index (Phi) is 3.41. The molecule has 1 N–H and O–H groups in total. The minimum Gasteiger partial charge on any atom is -0.465 e. The van der Waals surface area contributed by atoms with E-state index in [0.29, 0.717) is 5.92 Å². The molecule has 0 bridgehead atoms. The Morgan fingerprint density at radius 2 is 1.80 bits per heavy atom. The average molecular weight is 216 g/mol. The van der Waals surface area contributed by atoms with Gasteiger partial charge in [-0.1, -0.05) is 20.8 Å². The third-order valence-electron chi connectivity index (χ3n) is 3.82. The number of carbonyl (C=O) groups excluding carboxylic acids is 1. The number of esters is 1. The fourth-order valence-electron chi connectivity index (χ4n) is 2.12. The standard InChI is InChI=1S/C11H20O4/c1-6-7(2)9(4)15-11(13,8(6)3)10(12)14-5/h6-9,13H,1-5H3/t6-,7-,8+,9+,11?/m1/s1. The quantitative estimate of drug-likeness (QED) is 0.669. The van der Waals surface area contributed by atoms with Gasteiger partial charge in [0, 0.05) is 5.92 Å². The summed E-state index contributed by atoms with van der Waals surface area (Å²) in [4.78, 5) is 11.5. The zero-order chi connectivity index (χ0) is 11.8. The van der Waals surface area contributed by atoms with Crippen LogP contribution in [-0.4, -0.2) is 30.1 Å². The summed E-state index contributed by atoms with van der Waals surface area (Å²) >= 11 is 0. The smallest absolute Gasteiger partial charge is 0.366 e. The van der Waals surface area contributed by atoms with Crippen molar-refractivity contribution < 1.29 is 19.4 Å². The summed E-state index contributed by atoms with van der Waals surface area (Å²) in [6, 6.07) is 0. The number of methoxy groups -OCH3 is 1. The molecule has 1 unspecified atom stereocenters. The number of rotatable bonds is 1. The number of hydrogen-bond acceptors (Lipinski definition) is 4. The summed E-state index contributed by atoms with van der Waals surface area (Å²) in [6.07, 6.45) is -0.153. The molecule has 88 valence electrons. The first kappa shape index (κ1) is 12.5. The first-order chi connectivity index (χ1) is 6.84. The van der Waals surface area contributed by atoms with Crippen LogP contribution in [-0.2, 0) is 14.3 Å². The fraction of sp³-hybridized carbons (Fsp3) is 0.909. The lowest BCUT2D eigenvalue weighted by Gasteiger charge is -2.45. The Morgan fingerprint density at radius 1 is 1.27 bits per heavy atom. The van der Waals surface area contributed by atoms with Crippen LogP contribution in [0.4, 0.5) is 0 Å². The minimum absolute atomic E-state index is 0.153. The van der Waals surface area contributed by atoms with Crippen LogP contribution in [0.1, 0.15) is 27.7 Å². The van der Waals surface area contributed by atoms with Gasteiger partial charge in [-0.25, -0.2) is 4.79 Å². The second kappa shape index (κ2) is 4.10. The van der Waals surface area contributed by atoms with E-state index in [0.717, 1.165) is 0 Å². The maximum absolute atomic E-state index is 11.5. The molecule has 0 aromatic rings.